The van der Waals surface area contributed by atoms with Crippen LogP contribution in [0, 0.1) is 5.92 Å². The molecule has 7 N–H and O–H groups in total. The van der Waals surface area contributed by atoms with E-state index < -0.39 is 99.3 Å². The van der Waals surface area contributed by atoms with E-state index in [1.807, 2.05) is 4.72 Å². The Balaban J connectivity index is 3.22. The molecule has 1 aromatic rings. The van der Waals surface area contributed by atoms with E-state index >= 15 is 0 Å². The first-order chi connectivity index (χ1) is 17.1. The maximum absolute atomic E-state index is 12.9. The van der Waals surface area contributed by atoms with E-state index in [0.717, 1.165) is 12.1 Å². The van der Waals surface area contributed by atoms with Crippen LogP contribution in [0.3, 0.4) is 0 Å². The van der Waals surface area contributed by atoms with E-state index in [1.165, 1.54) is 13.8 Å². The molecule has 0 bridgehead atoms. The monoisotopic (exact) mass is 545 g/mol. The average Bonchev–Trinajstić information content (AvgIpc) is 2.78. The molecule has 0 saturated carbocycles. The predicted molar refractivity (Wildman–Crippen MR) is 123 cm³/mol. The number of carboxylic acids is 3. The Morgan fingerprint density at radius 1 is 0.973 bits per heavy atom. The Morgan fingerprint density at radius 3 is 2.08 bits per heavy atom. The van der Waals surface area contributed by atoms with Crippen molar-refractivity contribution in [2.24, 2.45) is 5.92 Å². The number of rotatable bonds is 15. The molecule has 0 saturated heterocycles. The molecule has 0 aromatic heterocycles. The van der Waals surface area contributed by atoms with Gasteiger partial charge in [0.25, 0.3) is 0 Å². The van der Waals surface area contributed by atoms with Gasteiger partial charge in [-0.3, -0.25) is 19.2 Å². The van der Waals surface area contributed by atoms with Crippen molar-refractivity contribution < 1.29 is 57.6 Å². The largest absolute Gasteiger partial charge is 0.507 e. The number of nitrogens with one attached hydrogen (secondary N) is 3. The number of phenols is 1. The van der Waals surface area contributed by atoms with Crippen LogP contribution in [0.25, 0.3) is 0 Å². The molecule has 15 nitrogen and oxygen atoms in total. The van der Waals surface area contributed by atoms with Crippen molar-refractivity contribution in [3.8, 4) is 5.75 Å². The molecule has 0 aliphatic heterocycles. The van der Waals surface area contributed by atoms with E-state index in [2.05, 4.69) is 10.6 Å². The van der Waals surface area contributed by atoms with Crippen molar-refractivity contribution in [1.82, 2.24) is 15.4 Å². The highest BCUT2D eigenvalue weighted by Crippen LogP contribution is 2.22. The zero-order valence-electron chi connectivity index (χ0n) is 19.7. The van der Waals surface area contributed by atoms with Crippen molar-refractivity contribution in [3.05, 3.63) is 23.8 Å². The van der Waals surface area contributed by atoms with Crippen molar-refractivity contribution in [1.29, 1.82) is 0 Å². The lowest BCUT2D eigenvalue weighted by Crippen LogP contribution is -2.57. The Bertz CT molecular complexity index is 1170. The molecule has 3 atom stereocenters. The highest BCUT2D eigenvalue weighted by Gasteiger charge is 2.32. The Labute approximate surface area is 210 Å². The lowest BCUT2D eigenvalue weighted by atomic mass is 10.0. The van der Waals surface area contributed by atoms with Crippen molar-refractivity contribution in [3.63, 3.8) is 0 Å². The molecule has 0 aliphatic rings. The summed E-state index contributed by atoms with van der Waals surface area (Å²) in [5, 5.41) is 40.9. The lowest BCUT2D eigenvalue weighted by molar-refractivity contribution is -0.140. The van der Waals surface area contributed by atoms with Gasteiger partial charge < -0.3 is 35.9 Å². The molecule has 204 valence electrons. The summed E-state index contributed by atoms with van der Waals surface area (Å²) in [6.45, 7) is 3.00. The van der Waals surface area contributed by atoms with Gasteiger partial charge in [0.1, 0.15) is 29.7 Å². The fraction of sp³-hybridized carbons (Fsp3) is 0.429. The molecule has 0 fully saturated rings. The van der Waals surface area contributed by atoms with Gasteiger partial charge in [-0.2, -0.15) is 4.72 Å². The molecule has 37 heavy (non-hydrogen) atoms. The quantitative estimate of drug-likeness (QED) is 0.130. The van der Waals surface area contributed by atoms with Gasteiger partial charge >= 0.3 is 17.9 Å². The molecule has 0 spiro atoms. The van der Waals surface area contributed by atoms with Crippen LogP contribution in [-0.4, -0.2) is 83.0 Å². The zero-order valence-corrected chi connectivity index (χ0v) is 20.5. The number of carbonyl (C=O) groups is 6. The number of aromatic carboxylic acids is 1. The third-order valence-corrected chi connectivity index (χ3v) is 6.37. The molecule has 0 heterocycles. The number of hydrogen-bond donors (Lipinski definition) is 7. The van der Waals surface area contributed by atoms with Crippen LogP contribution in [0.2, 0.25) is 0 Å². The first-order valence-electron chi connectivity index (χ1n) is 10.7. The minimum atomic E-state index is -4.63. The Morgan fingerprint density at radius 2 is 1.59 bits per heavy atom. The van der Waals surface area contributed by atoms with Gasteiger partial charge in [0, 0.05) is 6.42 Å². The van der Waals surface area contributed by atoms with Crippen molar-refractivity contribution in [2.75, 3.05) is 0 Å². The summed E-state index contributed by atoms with van der Waals surface area (Å²) in [4.78, 5) is 69.1. The summed E-state index contributed by atoms with van der Waals surface area (Å²) in [5.41, 5.74) is -0.739. The molecule has 0 aliphatic carbocycles. The summed E-state index contributed by atoms with van der Waals surface area (Å²) in [5.74, 6) is -7.76. The fourth-order valence-electron chi connectivity index (χ4n) is 3.00. The third kappa shape index (κ3) is 9.49. The first kappa shape index (κ1) is 31.0. The van der Waals surface area contributed by atoms with Gasteiger partial charge in [-0.25, -0.2) is 13.2 Å². The number of amides is 2. The van der Waals surface area contributed by atoms with Crippen LogP contribution in [0.4, 0.5) is 0 Å². The van der Waals surface area contributed by atoms with E-state index in [9.17, 15) is 42.3 Å². The Kier molecular flexibility index (Phi) is 11.1. The topological polar surface area (TPSA) is 254 Å². The van der Waals surface area contributed by atoms with Gasteiger partial charge in [0.2, 0.25) is 21.8 Å². The van der Waals surface area contributed by atoms with Crippen molar-refractivity contribution >= 4 is 46.0 Å². The first-order valence-corrected chi connectivity index (χ1v) is 12.2. The van der Waals surface area contributed by atoms with Crippen LogP contribution in [0.1, 0.15) is 43.5 Å². The second-order valence-electron chi connectivity index (χ2n) is 8.17. The number of aliphatic carboxylic acids is 2. The third-order valence-electron chi connectivity index (χ3n) is 4.90. The Hall–Kier alpha value is -4.05. The number of carboxylic acid groups (broad SMARTS) is 3. The molecule has 0 radical (unpaired) electrons. The predicted octanol–water partition coefficient (Wildman–Crippen LogP) is -1.10. The summed E-state index contributed by atoms with van der Waals surface area (Å²) in [6.07, 6.45) is -1.76. The average molecular weight is 546 g/mol. The van der Waals surface area contributed by atoms with Crippen LogP contribution in [-0.2, 0) is 34.0 Å². The van der Waals surface area contributed by atoms with Gasteiger partial charge in [-0.05, 0) is 30.5 Å². The van der Waals surface area contributed by atoms with E-state index in [4.69, 9.17) is 15.3 Å². The smallest absolute Gasteiger partial charge is 0.339 e. The summed E-state index contributed by atoms with van der Waals surface area (Å²) in [7, 11) is -4.63. The van der Waals surface area contributed by atoms with Gasteiger partial charge in [-0.15, -0.1) is 0 Å². The van der Waals surface area contributed by atoms with E-state index in [-0.39, 0.29) is 6.29 Å². The molecular formula is C21H27N3O12S. The standard InChI is InChI=1S/C21H27N3O12S/c1-10(2)18(20(32)22-11(9-25)7-17(29)30)23-19(31)14(4-6-16(27)28)24-37(35,36)12-3-5-15(26)13(8-12)21(33)34/h3,5,8-11,14,18,24,26H,4,6-7H2,1-2H3,(H,22,32)(H,23,31)(H,27,28)(H,29,30)(H,33,34). The van der Waals surface area contributed by atoms with Crippen molar-refractivity contribution in [2.45, 2.75) is 56.1 Å². The van der Waals surface area contributed by atoms with Gasteiger partial charge in [0.05, 0.1) is 17.4 Å². The summed E-state index contributed by atoms with van der Waals surface area (Å²) >= 11 is 0. The molecule has 3 unspecified atom stereocenters. The summed E-state index contributed by atoms with van der Waals surface area (Å²) < 4.78 is 27.6. The summed E-state index contributed by atoms with van der Waals surface area (Å²) in [6, 6.07) is -2.20. The highest BCUT2D eigenvalue weighted by molar-refractivity contribution is 7.89. The van der Waals surface area contributed by atoms with Gasteiger partial charge in [-0.1, -0.05) is 13.8 Å². The number of aldehydes is 1. The molecule has 1 rings (SSSR count). The lowest BCUT2D eigenvalue weighted by Gasteiger charge is -2.26. The maximum Gasteiger partial charge on any atom is 0.339 e. The minimum Gasteiger partial charge on any atom is -0.507 e. The van der Waals surface area contributed by atoms with Crippen LogP contribution < -0.4 is 15.4 Å². The fourth-order valence-corrected chi connectivity index (χ4v) is 4.26. The van der Waals surface area contributed by atoms with Crippen LogP contribution >= 0.6 is 0 Å². The number of aromatic hydroxyl groups is 1. The maximum atomic E-state index is 12.9. The van der Waals surface area contributed by atoms with Crippen LogP contribution in [0.5, 0.6) is 5.75 Å². The zero-order chi connectivity index (χ0) is 28.5. The molecular weight excluding hydrogens is 518 g/mol. The number of benzene rings is 1. The molecule has 2 amide bonds. The second kappa shape index (κ2) is 13.3. The SMILES string of the molecule is CC(C)C(NC(=O)C(CCC(=O)O)NS(=O)(=O)c1ccc(O)c(C(=O)O)c1)C(=O)NC(C=O)CC(=O)O. The normalized spacial score (nSPS) is 13.7. The molecule has 16 heteroatoms. The number of sulfonamides is 1. The highest BCUT2D eigenvalue weighted by atomic mass is 32.2. The van der Waals surface area contributed by atoms with Gasteiger partial charge in [0.15, 0.2) is 0 Å². The van der Waals surface area contributed by atoms with Crippen LogP contribution in [0.15, 0.2) is 23.1 Å². The number of hydrogen-bond acceptors (Lipinski definition) is 9. The molecule has 1 aromatic carbocycles. The second-order valence-corrected chi connectivity index (χ2v) is 9.88. The number of carbonyl (C=O) groups excluding carboxylic acids is 3. The van der Waals surface area contributed by atoms with E-state index in [1.54, 1.807) is 0 Å². The van der Waals surface area contributed by atoms with E-state index in [0.29, 0.717) is 6.07 Å². The minimum absolute atomic E-state index is 0.193.